The van der Waals surface area contributed by atoms with Crippen LogP contribution in [-0.2, 0) is 23.4 Å². The molecule has 2 aromatic heterocycles. The average molecular weight is 568 g/mol. The van der Waals surface area contributed by atoms with E-state index >= 15 is 0 Å². The third-order valence-electron chi connectivity index (χ3n) is 6.00. The third-order valence-corrected chi connectivity index (χ3v) is 7.64. The number of carbonyl (C=O) groups is 1. The van der Waals surface area contributed by atoms with Crippen LogP contribution in [0.5, 0.6) is 5.75 Å². The topological polar surface area (TPSA) is 185 Å². The molecule has 16 heteroatoms. The molecule has 14 nitrogen and oxygen atoms in total. The Kier molecular flexibility index (Phi) is 8.97. The van der Waals surface area contributed by atoms with Gasteiger partial charge in [-0.1, -0.05) is 18.2 Å². The highest BCUT2D eigenvalue weighted by atomic mass is 31.2. The number of aromatic nitrogens is 4. The van der Waals surface area contributed by atoms with E-state index in [0.29, 0.717) is 11.3 Å². The number of benzene rings is 1. The van der Waals surface area contributed by atoms with Crippen molar-refractivity contribution in [3.63, 3.8) is 0 Å². The zero-order valence-corrected chi connectivity index (χ0v) is 22.5. The van der Waals surface area contributed by atoms with Gasteiger partial charge < -0.3 is 30.2 Å². The van der Waals surface area contributed by atoms with Crippen molar-refractivity contribution in [2.45, 2.75) is 38.3 Å². The summed E-state index contributed by atoms with van der Waals surface area (Å²) in [6.45, 7) is 1.79. The number of aliphatic hydroxyl groups is 1. The number of halogens is 1. The number of nitrogens with one attached hydrogen (secondary N) is 2. The Hall–Kier alpha value is -3.36. The van der Waals surface area contributed by atoms with Crippen LogP contribution in [0.2, 0.25) is 0 Å². The Morgan fingerprint density at radius 1 is 1.33 bits per heavy atom. The summed E-state index contributed by atoms with van der Waals surface area (Å²) in [6.07, 6.45) is -2.13. The first-order valence-corrected chi connectivity index (χ1v) is 13.7. The molecule has 1 aliphatic heterocycles. The first-order valence-electron chi connectivity index (χ1n) is 12.2. The fourth-order valence-electron chi connectivity index (χ4n) is 4.11. The molecule has 3 heterocycles. The fraction of sp³-hybridized carbons (Fsp3) is 0.478. The molecule has 0 bridgehead atoms. The van der Waals surface area contributed by atoms with Crippen LogP contribution >= 0.6 is 7.75 Å². The first kappa shape index (κ1) is 28.6. The molecule has 1 saturated heterocycles. The minimum absolute atomic E-state index is 0.0374. The molecule has 4 rings (SSSR count). The minimum Gasteiger partial charge on any atom is -0.465 e. The Morgan fingerprint density at radius 3 is 2.74 bits per heavy atom. The van der Waals surface area contributed by atoms with Gasteiger partial charge in [-0.05, 0) is 26.0 Å². The van der Waals surface area contributed by atoms with Crippen molar-refractivity contribution >= 4 is 36.6 Å². The number of hydrogen-bond donors (Lipinski definition) is 4. The Bertz CT molecular complexity index is 1330. The van der Waals surface area contributed by atoms with Gasteiger partial charge in [-0.2, -0.15) is 15.1 Å². The fourth-order valence-corrected chi connectivity index (χ4v) is 5.62. The van der Waals surface area contributed by atoms with Crippen LogP contribution < -0.4 is 20.7 Å². The van der Waals surface area contributed by atoms with Gasteiger partial charge in [0.25, 0.3) is 0 Å². The van der Waals surface area contributed by atoms with Crippen LogP contribution in [0.3, 0.4) is 0 Å². The van der Waals surface area contributed by atoms with E-state index < -0.39 is 57.4 Å². The van der Waals surface area contributed by atoms with Gasteiger partial charge in [0.15, 0.2) is 17.0 Å². The number of esters is 1. The molecule has 0 aliphatic carbocycles. The van der Waals surface area contributed by atoms with Crippen LogP contribution in [0.25, 0.3) is 11.2 Å². The smallest absolute Gasteiger partial charge is 0.459 e. The predicted molar refractivity (Wildman–Crippen MR) is 139 cm³/mol. The Morgan fingerprint density at radius 2 is 2.08 bits per heavy atom. The molecule has 6 atom stereocenters. The maximum atomic E-state index is 14.2. The lowest BCUT2D eigenvalue weighted by Gasteiger charge is -2.24. The molecule has 39 heavy (non-hydrogen) atoms. The van der Waals surface area contributed by atoms with Crippen molar-refractivity contribution in [3.8, 4) is 5.75 Å². The van der Waals surface area contributed by atoms with Crippen LogP contribution in [0.15, 0.2) is 36.7 Å². The standard InChI is InChI=1S/C23H31FN7O7P/c1-4-35-22(33)13(2)30-39(34,38-14-8-6-5-7-9-14)36-11-16-18(32)15(10-24)21(37-16)31-12-27-17-19(26-3)28-23(25)29-20(17)31/h5-9,12-13,15-16,18,21,32H,4,10-11H2,1-3H3,(H,30,34)(H3,25,26,28,29)/t13-,15+,16-,18+,21-,39-/m1/s1. The lowest BCUT2D eigenvalue weighted by molar-refractivity contribution is -0.144. The number of rotatable bonds is 12. The normalized spacial score (nSPS) is 23.3. The number of aliphatic hydroxyl groups excluding tert-OH is 1. The molecule has 0 amide bonds. The van der Waals surface area contributed by atoms with Gasteiger partial charge in [-0.25, -0.2) is 9.55 Å². The molecule has 0 spiro atoms. The van der Waals surface area contributed by atoms with Crippen LogP contribution in [0, 0.1) is 5.92 Å². The van der Waals surface area contributed by atoms with Crippen molar-refractivity contribution < 1.29 is 37.4 Å². The number of nitrogen functional groups attached to an aromatic ring is 1. The molecule has 3 aromatic rings. The Balaban J connectivity index is 1.55. The second-order valence-electron chi connectivity index (χ2n) is 8.68. The molecule has 1 aliphatic rings. The van der Waals surface area contributed by atoms with E-state index in [9.17, 15) is 18.9 Å². The van der Waals surface area contributed by atoms with E-state index in [2.05, 4.69) is 25.4 Å². The second kappa shape index (κ2) is 12.2. The van der Waals surface area contributed by atoms with Gasteiger partial charge in [0.1, 0.15) is 24.1 Å². The van der Waals surface area contributed by atoms with Crippen LogP contribution in [0.4, 0.5) is 16.2 Å². The number of nitrogens with zero attached hydrogens (tertiary/aromatic N) is 4. The van der Waals surface area contributed by atoms with E-state index in [0.717, 1.165) is 0 Å². The zero-order chi connectivity index (χ0) is 28.2. The molecule has 0 radical (unpaired) electrons. The maximum Gasteiger partial charge on any atom is 0.459 e. The first-order chi connectivity index (χ1) is 18.7. The lowest BCUT2D eigenvalue weighted by Crippen LogP contribution is -2.37. The molecule has 212 valence electrons. The van der Waals surface area contributed by atoms with E-state index in [4.69, 9.17) is 24.3 Å². The summed E-state index contributed by atoms with van der Waals surface area (Å²) in [5, 5.41) is 16.3. The molecular weight excluding hydrogens is 536 g/mol. The molecule has 0 unspecified atom stereocenters. The largest absolute Gasteiger partial charge is 0.465 e. The van der Waals surface area contributed by atoms with E-state index in [1.54, 1.807) is 44.3 Å². The van der Waals surface area contributed by atoms with Crippen molar-refractivity contribution in [2.75, 3.05) is 38.0 Å². The SMILES string of the molecule is CCOC(=O)[C@@H](C)N[P@@](=O)(OC[C@H]1O[C@@H](n2cnc3c(NC)nc(N)nc32)[C@@H](CF)[C@@H]1O)Oc1ccccc1. The van der Waals surface area contributed by atoms with Crippen molar-refractivity contribution in [1.29, 1.82) is 0 Å². The average Bonchev–Trinajstić information content (AvgIpc) is 3.47. The number of anilines is 2. The number of imidazole rings is 1. The highest BCUT2D eigenvalue weighted by Crippen LogP contribution is 2.46. The number of alkyl halides is 1. The highest BCUT2D eigenvalue weighted by Gasteiger charge is 2.47. The maximum absolute atomic E-state index is 14.2. The summed E-state index contributed by atoms with van der Waals surface area (Å²) in [6, 6.07) is 7.13. The molecule has 1 fully saturated rings. The van der Waals surface area contributed by atoms with Crippen molar-refractivity contribution in [2.24, 2.45) is 5.92 Å². The van der Waals surface area contributed by atoms with Crippen molar-refractivity contribution in [3.05, 3.63) is 36.7 Å². The summed E-state index contributed by atoms with van der Waals surface area (Å²) in [5.41, 5.74) is 6.46. The van der Waals surface area contributed by atoms with Crippen molar-refractivity contribution in [1.82, 2.24) is 24.6 Å². The number of para-hydroxylation sites is 1. The van der Waals surface area contributed by atoms with Gasteiger partial charge in [0.05, 0.1) is 38.2 Å². The molecular formula is C23H31FN7O7P. The summed E-state index contributed by atoms with van der Waals surface area (Å²) in [4.78, 5) is 24.7. The van der Waals surface area contributed by atoms with Gasteiger partial charge in [0.2, 0.25) is 5.95 Å². The summed E-state index contributed by atoms with van der Waals surface area (Å²) in [7, 11) is -2.58. The third kappa shape index (κ3) is 6.28. The summed E-state index contributed by atoms with van der Waals surface area (Å²) < 4.78 is 51.4. The van der Waals surface area contributed by atoms with Gasteiger partial charge in [-0.15, -0.1) is 0 Å². The predicted octanol–water partition coefficient (Wildman–Crippen LogP) is 2.04. The second-order valence-corrected chi connectivity index (χ2v) is 10.4. The van der Waals surface area contributed by atoms with Gasteiger partial charge >= 0.3 is 13.7 Å². The molecule has 1 aromatic carbocycles. The molecule has 5 N–H and O–H groups in total. The van der Waals surface area contributed by atoms with Gasteiger partial charge in [-0.3, -0.25) is 18.3 Å². The van der Waals surface area contributed by atoms with Crippen LogP contribution in [-0.4, -0.2) is 75.8 Å². The lowest BCUT2D eigenvalue weighted by atomic mass is 10.0. The summed E-state index contributed by atoms with van der Waals surface area (Å²) >= 11 is 0. The quantitative estimate of drug-likeness (QED) is 0.184. The highest BCUT2D eigenvalue weighted by molar-refractivity contribution is 7.52. The van der Waals surface area contributed by atoms with E-state index in [-0.39, 0.29) is 24.0 Å². The van der Waals surface area contributed by atoms with Gasteiger partial charge in [0, 0.05) is 7.05 Å². The minimum atomic E-state index is -4.22. The van der Waals surface area contributed by atoms with E-state index in [1.165, 1.54) is 17.8 Å². The number of nitrogens with two attached hydrogens (primary N) is 1. The number of hydrogen-bond acceptors (Lipinski definition) is 12. The Labute approximate surface area is 223 Å². The number of ether oxygens (including phenoxy) is 2. The monoisotopic (exact) mass is 567 g/mol. The molecule has 0 saturated carbocycles. The zero-order valence-electron chi connectivity index (χ0n) is 21.6. The number of fused-ring (bicyclic) bond motifs is 1. The van der Waals surface area contributed by atoms with Crippen LogP contribution in [0.1, 0.15) is 20.1 Å². The van der Waals surface area contributed by atoms with E-state index in [1.807, 2.05) is 0 Å². The summed E-state index contributed by atoms with van der Waals surface area (Å²) in [5.74, 6) is -1.16. The number of carbonyl (C=O) groups excluding carboxylic acids is 1.